The van der Waals surface area contributed by atoms with Gasteiger partial charge in [-0.25, -0.2) is 17.6 Å². The molecular formula is C15H11F4NOS. The second-order valence-corrected chi connectivity index (χ2v) is 5.83. The minimum Gasteiger partial charge on any atom is -0.323 e. The van der Waals surface area contributed by atoms with Gasteiger partial charge in [-0.1, -0.05) is 0 Å². The number of benzene rings is 2. The largest absolute Gasteiger partial charge is 0.323 e. The molecule has 0 bridgehead atoms. The van der Waals surface area contributed by atoms with E-state index in [0.717, 1.165) is 48.2 Å². The first-order valence-corrected chi connectivity index (χ1v) is 7.12. The maximum atomic E-state index is 13.5. The van der Waals surface area contributed by atoms with Gasteiger partial charge in [-0.2, -0.15) is 0 Å². The van der Waals surface area contributed by atoms with Gasteiger partial charge in [-0.05, 0) is 37.3 Å². The zero-order chi connectivity index (χ0) is 16.3. The Hall–Kier alpha value is -2.02. The Bertz CT molecular complexity index is 708. The molecule has 1 N–H and O–H groups in total. The van der Waals surface area contributed by atoms with E-state index in [1.54, 1.807) is 0 Å². The summed E-state index contributed by atoms with van der Waals surface area (Å²) in [5.74, 6) is -3.44. The fourth-order valence-corrected chi connectivity index (χ4v) is 2.55. The zero-order valence-corrected chi connectivity index (χ0v) is 12.2. The summed E-state index contributed by atoms with van der Waals surface area (Å²) in [6.45, 7) is 1.45. The van der Waals surface area contributed by atoms with Crippen LogP contribution in [0.2, 0.25) is 0 Å². The highest BCUT2D eigenvalue weighted by molar-refractivity contribution is 8.00. The first-order valence-electron chi connectivity index (χ1n) is 6.24. The first kappa shape index (κ1) is 16.4. The molecule has 0 aromatic heterocycles. The van der Waals surface area contributed by atoms with E-state index in [-0.39, 0.29) is 10.6 Å². The summed E-state index contributed by atoms with van der Waals surface area (Å²) < 4.78 is 53.0. The Morgan fingerprint density at radius 3 is 2.27 bits per heavy atom. The van der Waals surface area contributed by atoms with E-state index < -0.39 is 34.4 Å². The monoisotopic (exact) mass is 329 g/mol. The molecule has 0 spiro atoms. The van der Waals surface area contributed by atoms with Crippen LogP contribution in [0, 0.1) is 23.3 Å². The van der Waals surface area contributed by atoms with Gasteiger partial charge in [-0.3, -0.25) is 4.79 Å². The molecule has 116 valence electrons. The van der Waals surface area contributed by atoms with Crippen molar-refractivity contribution in [1.29, 1.82) is 0 Å². The highest BCUT2D eigenvalue weighted by atomic mass is 32.2. The Labute approximate surface area is 128 Å². The molecule has 7 heteroatoms. The Kier molecular flexibility index (Phi) is 5.07. The molecule has 0 heterocycles. The van der Waals surface area contributed by atoms with Crippen molar-refractivity contribution in [2.75, 3.05) is 5.32 Å². The lowest BCUT2D eigenvalue weighted by atomic mass is 10.3. The molecule has 1 amide bonds. The molecule has 0 unspecified atom stereocenters. The average molecular weight is 329 g/mol. The topological polar surface area (TPSA) is 29.1 Å². The van der Waals surface area contributed by atoms with Gasteiger partial charge >= 0.3 is 0 Å². The maximum Gasteiger partial charge on any atom is 0.237 e. The summed E-state index contributed by atoms with van der Waals surface area (Å²) in [4.78, 5) is 11.9. The Morgan fingerprint density at radius 1 is 1.00 bits per heavy atom. The summed E-state index contributed by atoms with van der Waals surface area (Å²) in [5.41, 5.74) is -0.308. The van der Waals surface area contributed by atoms with E-state index in [0.29, 0.717) is 0 Å². The van der Waals surface area contributed by atoms with Gasteiger partial charge in [0.2, 0.25) is 5.91 Å². The van der Waals surface area contributed by atoms with Crippen molar-refractivity contribution in [2.45, 2.75) is 17.1 Å². The van der Waals surface area contributed by atoms with Gasteiger partial charge in [0, 0.05) is 11.0 Å². The second kappa shape index (κ2) is 6.83. The van der Waals surface area contributed by atoms with Crippen LogP contribution in [0.4, 0.5) is 23.2 Å². The van der Waals surface area contributed by atoms with Crippen LogP contribution >= 0.6 is 11.8 Å². The van der Waals surface area contributed by atoms with Gasteiger partial charge in [0.15, 0.2) is 0 Å². The van der Waals surface area contributed by atoms with Crippen molar-refractivity contribution >= 4 is 23.4 Å². The summed E-state index contributed by atoms with van der Waals surface area (Å²) in [7, 11) is 0. The van der Waals surface area contributed by atoms with Crippen LogP contribution in [0.25, 0.3) is 0 Å². The lowest BCUT2D eigenvalue weighted by Crippen LogP contribution is -2.23. The third-order valence-corrected chi connectivity index (χ3v) is 3.89. The van der Waals surface area contributed by atoms with Crippen LogP contribution in [-0.2, 0) is 4.79 Å². The normalized spacial score (nSPS) is 12.0. The summed E-state index contributed by atoms with van der Waals surface area (Å²) in [6, 6.07) is 5.53. The number of nitrogens with one attached hydrogen (secondary N) is 1. The number of thioether (sulfide) groups is 1. The smallest absolute Gasteiger partial charge is 0.237 e. The molecule has 0 aliphatic carbocycles. The maximum absolute atomic E-state index is 13.5. The van der Waals surface area contributed by atoms with Gasteiger partial charge in [0.1, 0.15) is 23.3 Å². The van der Waals surface area contributed by atoms with E-state index in [1.807, 2.05) is 0 Å². The predicted molar refractivity (Wildman–Crippen MR) is 76.7 cm³/mol. The third kappa shape index (κ3) is 4.00. The van der Waals surface area contributed by atoms with Gasteiger partial charge < -0.3 is 5.32 Å². The molecule has 0 radical (unpaired) electrons. The van der Waals surface area contributed by atoms with E-state index >= 15 is 0 Å². The molecule has 2 rings (SSSR count). The number of hydrogen-bond acceptors (Lipinski definition) is 2. The lowest BCUT2D eigenvalue weighted by molar-refractivity contribution is -0.115. The molecule has 2 aromatic carbocycles. The van der Waals surface area contributed by atoms with Crippen molar-refractivity contribution in [2.24, 2.45) is 0 Å². The molecule has 2 aromatic rings. The van der Waals surface area contributed by atoms with E-state index in [1.165, 1.54) is 6.92 Å². The number of halogens is 4. The summed E-state index contributed by atoms with van der Waals surface area (Å²) in [5, 5.41) is 1.38. The fraction of sp³-hybridized carbons (Fsp3) is 0.133. The first-order chi connectivity index (χ1) is 10.4. The Morgan fingerprint density at radius 2 is 1.59 bits per heavy atom. The molecule has 0 fully saturated rings. The second-order valence-electron chi connectivity index (χ2n) is 4.45. The third-order valence-electron chi connectivity index (χ3n) is 2.75. The van der Waals surface area contributed by atoms with Gasteiger partial charge in [0.05, 0.1) is 10.9 Å². The fourth-order valence-electron chi connectivity index (χ4n) is 1.64. The number of hydrogen-bond donors (Lipinski definition) is 1. The van der Waals surface area contributed by atoms with Crippen molar-refractivity contribution in [1.82, 2.24) is 0 Å². The van der Waals surface area contributed by atoms with Crippen LogP contribution in [-0.4, -0.2) is 11.2 Å². The molecule has 0 saturated heterocycles. The number of amides is 1. The van der Waals surface area contributed by atoms with Gasteiger partial charge in [0.25, 0.3) is 0 Å². The van der Waals surface area contributed by atoms with E-state index in [2.05, 4.69) is 5.32 Å². The Balaban J connectivity index is 2.09. The van der Waals surface area contributed by atoms with Crippen molar-refractivity contribution < 1.29 is 22.4 Å². The van der Waals surface area contributed by atoms with Crippen LogP contribution in [0.3, 0.4) is 0 Å². The summed E-state index contributed by atoms with van der Waals surface area (Å²) >= 11 is 0.779. The van der Waals surface area contributed by atoms with Crippen LogP contribution in [0.15, 0.2) is 41.3 Å². The molecule has 0 saturated carbocycles. The number of anilines is 1. The predicted octanol–water partition coefficient (Wildman–Crippen LogP) is 4.36. The SMILES string of the molecule is C[C@H](Sc1cc(F)ccc1F)C(=O)Nc1cc(F)ccc1F. The lowest BCUT2D eigenvalue weighted by Gasteiger charge is -2.13. The molecular weight excluding hydrogens is 318 g/mol. The molecule has 22 heavy (non-hydrogen) atoms. The number of carbonyl (C=O) groups excluding carboxylic acids is 1. The minimum absolute atomic E-state index is 0.0395. The molecule has 1 atom stereocenters. The van der Waals surface area contributed by atoms with E-state index in [9.17, 15) is 22.4 Å². The average Bonchev–Trinajstić information content (AvgIpc) is 2.46. The highest BCUT2D eigenvalue weighted by Crippen LogP contribution is 2.28. The van der Waals surface area contributed by atoms with Gasteiger partial charge in [-0.15, -0.1) is 11.8 Å². The quantitative estimate of drug-likeness (QED) is 0.667. The molecule has 0 aliphatic rings. The van der Waals surface area contributed by atoms with Crippen LogP contribution in [0.1, 0.15) is 6.92 Å². The van der Waals surface area contributed by atoms with Crippen LogP contribution < -0.4 is 5.32 Å². The zero-order valence-electron chi connectivity index (χ0n) is 11.4. The number of carbonyl (C=O) groups is 1. The van der Waals surface area contributed by atoms with Crippen LogP contribution in [0.5, 0.6) is 0 Å². The minimum atomic E-state index is -0.834. The summed E-state index contributed by atoms with van der Waals surface area (Å²) in [6.07, 6.45) is 0. The molecule has 2 nitrogen and oxygen atoms in total. The van der Waals surface area contributed by atoms with Crippen molar-refractivity contribution in [3.63, 3.8) is 0 Å². The van der Waals surface area contributed by atoms with Crippen molar-refractivity contribution in [3.05, 3.63) is 59.7 Å². The molecule has 0 aliphatic heterocycles. The highest BCUT2D eigenvalue weighted by Gasteiger charge is 2.18. The number of rotatable bonds is 4. The van der Waals surface area contributed by atoms with Crippen molar-refractivity contribution in [3.8, 4) is 0 Å². The van der Waals surface area contributed by atoms with E-state index in [4.69, 9.17) is 0 Å². The standard InChI is InChI=1S/C15H11F4NOS/c1-8(22-14-7-10(17)3-5-12(14)19)15(21)20-13-6-9(16)2-4-11(13)18/h2-8H,1H3,(H,20,21)/t8-/m0/s1.